The topological polar surface area (TPSA) is 3.24 Å². The molecular formula is C55H41N. The molecule has 9 aromatic carbocycles. The van der Waals surface area contributed by atoms with E-state index in [2.05, 4.69) is 231 Å². The molecular weight excluding hydrogens is 675 g/mol. The largest absolute Gasteiger partial charge is 0.311 e. The van der Waals surface area contributed by atoms with Crippen LogP contribution in [0.5, 0.6) is 0 Å². The smallest absolute Gasteiger partial charge is 0.0462 e. The summed E-state index contributed by atoms with van der Waals surface area (Å²) in [5, 5.41) is 2.68. The van der Waals surface area contributed by atoms with Crippen LogP contribution < -0.4 is 4.90 Å². The normalized spacial score (nSPS) is 12.6. The van der Waals surface area contributed by atoms with Gasteiger partial charge in [0.1, 0.15) is 0 Å². The third kappa shape index (κ3) is 5.81. The molecule has 1 aliphatic rings. The highest BCUT2D eigenvalue weighted by molar-refractivity contribution is 6.09. The molecule has 56 heavy (non-hydrogen) atoms. The van der Waals surface area contributed by atoms with Crippen LogP contribution in [0.2, 0.25) is 0 Å². The Morgan fingerprint density at radius 2 is 0.714 bits per heavy atom. The number of hydrogen-bond acceptors (Lipinski definition) is 1. The summed E-state index contributed by atoms with van der Waals surface area (Å²) < 4.78 is 0. The van der Waals surface area contributed by atoms with Gasteiger partial charge in [-0.25, -0.2) is 0 Å². The van der Waals surface area contributed by atoms with Crippen LogP contribution in [-0.2, 0) is 5.41 Å². The molecule has 266 valence electrons. The highest BCUT2D eigenvalue weighted by Gasteiger charge is 2.34. The first kappa shape index (κ1) is 33.6. The third-order valence-corrected chi connectivity index (χ3v) is 11.7. The van der Waals surface area contributed by atoms with Crippen LogP contribution in [0.1, 0.15) is 25.0 Å². The van der Waals surface area contributed by atoms with Gasteiger partial charge in [-0.3, -0.25) is 0 Å². The van der Waals surface area contributed by atoms with Crippen LogP contribution in [0.4, 0.5) is 17.1 Å². The van der Waals surface area contributed by atoms with Crippen molar-refractivity contribution in [2.45, 2.75) is 19.3 Å². The van der Waals surface area contributed by atoms with Crippen molar-refractivity contribution < 1.29 is 0 Å². The summed E-state index contributed by atoms with van der Waals surface area (Å²) in [4.78, 5) is 2.34. The minimum absolute atomic E-state index is 0.0649. The molecule has 0 saturated carbocycles. The molecule has 0 fully saturated rings. The van der Waals surface area contributed by atoms with Crippen molar-refractivity contribution in [2.24, 2.45) is 0 Å². The summed E-state index contributed by atoms with van der Waals surface area (Å²) in [6.07, 6.45) is 0. The van der Waals surface area contributed by atoms with E-state index in [9.17, 15) is 0 Å². The number of fused-ring (bicyclic) bond motifs is 2. The van der Waals surface area contributed by atoms with Gasteiger partial charge in [0.2, 0.25) is 0 Å². The van der Waals surface area contributed by atoms with Gasteiger partial charge in [0.15, 0.2) is 0 Å². The fourth-order valence-corrected chi connectivity index (χ4v) is 8.77. The summed E-state index contributed by atoms with van der Waals surface area (Å²) in [6.45, 7) is 4.72. The van der Waals surface area contributed by atoms with Crippen molar-refractivity contribution in [3.05, 3.63) is 223 Å². The standard InChI is InChI=1S/C55H41N/c1-55(2)51-18-10-9-17-50(51)54-49(37-30-45-16-11-19-52(55)53(45)54)44-22-20-40(21-23-44)43-28-35-48(36-29-43)56(46-31-24-41(25-32-46)38-12-5-3-6-13-38)47-33-26-42(27-34-47)39-14-7-4-8-15-39/h3-37H,1-2H3. The summed E-state index contributed by atoms with van der Waals surface area (Å²) in [7, 11) is 0. The first-order chi connectivity index (χ1) is 27.5. The summed E-state index contributed by atoms with van der Waals surface area (Å²) >= 11 is 0. The highest BCUT2D eigenvalue weighted by atomic mass is 15.1. The Morgan fingerprint density at radius 3 is 1.23 bits per heavy atom. The van der Waals surface area contributed by atoms with E-state index in [0.29, 0.717) is 0 Å². The van der Waals surface area contributed by atoms with Crippen LogP contribution in [0.15, 0.2) is 212 Å². The molecule has 1 heteroatoms. The maximum absolute atomic E-state index is 2.36. The number of benzene rings is 9. The molecule has 0 radical (unpaired) electrons. The van der Waals surface area contributed by atoms with E-state index >= 15 is 0 Å². The predicted molar refractivity (Wildman–Crippen MR) is 238 cm³/mol. The molecule has 1 aliphatic carbocycles. The van der Waals surface area contributed by atoms with E-state index in [-0.39, 0.29) is 5.41 Å². The zero-order chi connectivity index (χ0) is 37.6. The first-order valence-electron chi connectivity index (χ1n) is 19.5. The van der Waals surface area contributed by atoms with Crippen LogP contribution >= 0.6 is 0 Å². The molecule has 0 heterocycles. The average molecular weight is 716 g/mol. The third-order valence-electron chi connectivity index (χ3n) is 11.7. The van der Waals surface area contributed by atoms with Crippen molar-refractivity contribution >= 4 is 27.8 Å². The van der Waals surface area contributed by atoms with E-state index in [0.717, 1.165) is 17.1 Å². The van der Waals surface area contributed by atoms with Gasteiger partial charge in [0, 0.05) is 22.5 Å². The van der Waals surface area contributed by atoms with E-state index in [1.807, 2.05) is 0 Å². The van der Waals surface area contributed by atoms with Gasteiger partial charge < -0.3 is 4.90 Å². The molecule has 0 aromatic heterocycles. The van der Waals surface area contributed by atoms with Crippen molar-refractivity contribution in [3.63, 3.8) is 0 Å². The summed E-state index contributed by atoms with van der Waals surface area (Å²) in [5.74, 6) is 0. The lowest BCUT2D eigenvalue weighted by Crippen LogP contribution is -2.23. The molecule has 0 amide bonds. The minimum Gasteiger partial charge on any atom is -0.311 e. The SMILES string of the molecule is CC1(C)c2ccccc2-c2c(-c3ccc(-c4ccc(N(c5ccc(-c6ccccc6)cc5)c5ccc(-c6ccccc6)cc5)cc4)cc3)ccc3cccc1c23. The van der Waals surface area contributed by atoms with Gasteiger partial charge in [-0.05, 0) is 114 Å². The Bertz CT molecular complexity index is 2730. The zero-order valence-corrected chi connectivity index (χ0v) is 31.7. The van der Waals surface area contributed by atoms with Gasteiger partial charge in [-0.1, -0.05) is 190 Å². The Kier molecular flexibility index (Phi) is 8.23. The van der Waals surface area contributed by atoms with Gasteiger partial charge in [-0.15, -0.1) is 0 Å². The molecule has 0 bridgehead atoms. The van der Waals surface area contributed by atoms with Gasteiger partial charge in [-0.2, -0.15) is 0 Å². The molecule has 0 aliphatic heterocycles. The minimum atomic E-state index is -0.0649. The lowest BCUT2D eigenvalue weighted by atomic mass is 9.67. The fourth-order valence-electron chi connectivity index (χ4n) is 8.77. The van der Waals surface area contributed by atoms with Crippen molar-refractivity contribution in [3.8, 4) is 55.6 Å². The number of nitrogens with zero attached hydrogens (tertiary/aromatic N) is 1. The summed E-state index contributed by atoms with van der Waals surface area (Å²) in [6, 6.07) is 77.4. The van der Waals surface area contributed by atoms with E-state index < -0.39 is 0 Å². The zero-order valence-electron chi connectivity index (χ0n) is 31.7. The Labute approximate surface area is 329 Å². The summed E-state index contributed by atoms with van der Waals surface area (Å²) in [5.41, 5.74) is 18.5. The van der Waals surface area contributed by atoms with Crippen LogP contribution in [0.25, 0.3) is 66.4 Å². The Morgan fingerprint density at radius 1 is 0.304 bits per heavy atom. The molecule has 1 nitrogen and oxygen atoms in total. The van der Waals surface area contributed by atoms with E-state index in [4.69, 9.17) is 0 Å². The van der Waals surface area contributed by atoms with Gasteiger partial charge in [0.05, 0.1) is 0 Å². The lowest BCUT2D eigenvalue weighted by Gasteiger charge is -2.36. The van der Waals surface area contributed by atoms with E-state index in [1.54, 1.807) is 0 Å². The molecule has 0 unspecified atom stereocenters. The second-order valence-corrected chi connectivity index (χ2v) is 15.3. The molecule has 0 N–H and O–H groups in total. The van der Waals surface area contributed by atoms with E-state index in [1.165, 1.54) is 77.5 Å². The monoisotopic (exact) mass is 715 g/mol. The average Bonchev–Trinajstić information content (AvgIpc) is 3.27. The lowest BCUT2D eigenvalue weighted by molar-refractivity contribution is 0.645. The molecule has 10 rings (SSSR count). The fraction of sp³-hybridized carbons (Fsp3) is 0.0545. The van der Waals surface area contributed by atoms with Gasteiger partial charge >= 0.3 is 0 Å². The number of hydrogen-bond donors (Lipinski definition) is 0. The molecule has 0 atom stereocenters. The maximum atomic E-state index is 2.36. The first-order valence-corrected chi connectivity index (χ1v) is 19.5. The second-order valence-electron chi connectivity index (χ2n) is 15.3. The Balaban J connectivity index is 0.995. The Hall–Kier alpha value is -6.96. The van der Waals surface area contributed by atoms with Crippen LogP contribution in [0.3, 0.4) is 0 Å². The maximum Gasteiger partial charge on any atom is 0.0462 e. The van der Waals surface area contributed by atoms with Gasteiger partial charge in [0.25, 0.3) is 0 Å². The molecule has 0 saturated heterocycles. The predicted octanol–water partition coefficient (Wildman–Crippen LogP) is 15.3. The van der Waals surface area contributed by atoms with Crippen LogP contribution in [0, 0.1) is 0 Å². The quantitative estimate of drug-likeness (QED) is 0.159. The molecule has 9 aromatic rings. The highest BCUT2D eigenvalue weighted by Crippen LogP contribution is 2.51. The van der Waals surface area contributed by atoms with Crippen LogP contribution in [-0.4, -0.2) is 0 Å². The molecule has 0 spiro atoms. The van der Waals surface area contributed by atoms with Crippen molar-refractivity contribution in [1.82, 2.24) is 0 Å². The number of rotatable bonds is 7. The van der Waals surface area contributed by atoms with Crippen molar-refractivity contribution in [2.75, 3.05) is 4.90 Å². The second kappa shape index (κ2) is 13.7. The number of anilines is 3. The van der Waals surface area contributed by atoms with Crippen molar-refractivity contribution in [1.29, 1.82) is 0 Å².